The first-order valence-electron chi connectivity index (χ1n) is 15.2. The third-order valence-electron chi connectivity index (χ3n) is 9.44. The van der Waals surface area contributed by atoms with Crippen molar-refractivity contribution < 1.29 is 29.0 Å². The summed E-state index contributed by atoms with van der Waals surface area (Å²) in [5.74, 6) is -2.75. The van der Waals surface area contributed by atoms with E-state index in [1.807, 2.05) is 72.8 Å². The summed E-state index contributed by atoms with van der Waals surface area (Å²) in [6.45, 7) is 0.362. The van der Waals surface area contributed by atoms with Gasteiger partial charge >= 0.3 is 5.97 Å². The van der Waals surface area contributed by atoms with Crippen LogP contribution in [-0.4, -0.2) is 40.4 Å². The number of imide groups is 1. The van der Waals surface area contributed by atoms with Crippen LogP contribution in [0.25, 0.3) is 0 Å². The number of ether oxygens (including phenoxy) is 2. The van der Waals surface area contributed by atoms with Crippen molar-refractivity contribution in [2.24, 2.45) is 17.8 Å². The van der Waals surface area contributed by atoms with Crippen LogP contribution in [-0.2, 0) is 27.5 Å². The molecule has 2 heterocycles. The van der Waals surface area contributed by atoms with Gasteiger partial charge in [0.15, 0.2) is 11.5 Å². The number of carboxylic acid groups (broad SMARTS) is 1. The minimum absolute atomic E-state index is 0.104. The Morgan fingerprint density at radius 2 is 1.58 bits per heavy atom. The molecular weight excluding hydrogens is 544 g/mol. The second kappa shape index (κ2) is 12.2. The van der Waals surface area contributed by atoms with Crippen molar-refractivity contribution in [1.29, 1.82) is 0 Å². The molecule has 0 aromatic heterocycles. The van der Waals surface area contributed by atoms with E-state index in [4.69, 9.17) is 9.47 Å². The number of fused-ring (bicyclic) bond motifs is 1. The lowest BCUT2D eigenvalue weighted by Gasteiger charge is -2.35. The van der Waals surface area contributed by atoms with E-state index in [-0.39, 0.29) is 25.0 Å². The third-order valence-corrected chi connectivity index (χ3v) is 9.44. The highest BCUT2D eigenvalue weighted by Gasteiger charge is 2.69. The molecule has 1 aliphatic carbocycles. The summed E-state index contributed by atoms with van der Waals surface area (Å²) in [4.78, 5) is 43.1. The minimum Gasteiger partial charge on any atom is -0.493 e. The lowest BCUT2D eigenvalue weighted by Crippen LogP contribution is -2.56. The van der Waals surface area contributed by atoms with Gasteiger partial charge in [0.1, 0.15) is 12.1 Å². The summed E-state index contributed by atoms with van der Waals surface area (Å²) < 4.78 is 12.0. The van der Waals surface area contributed by atoms with Crippen molar-refractivity contribution in [1.82, 2.24) is 10.2 Å². The molecule has 4 unspecified atom stereocenters. The number of carbonyl (C=O) groups is 3. The molecule has 2 N–H and O–H groups in total. The quantitative estimate of drug-likeness (QED) is 0.304. The molecule has 2 aliphatic heterocycles. The molecule has 43 heavy (non-hydrogen) atoms. The van der Waals surface area contributed by atoms with E-state index in [0.717, 1.165) is 43.2 Å². The molecule has 6 rings (SSSR count). The number of nitrogens with zero attached hydrogens (tertiary/aromatic N) is 1. The van der Waals surface area contributed by atoms with Crippen molar-refractivity contribution in [3.8, 4) is 11.5 Å². The molecule has 8 heteroatoms. The second-order valence-corrected chi connectivity index (χ2v) is 12.0. The third kappa shape index (κ3) is 5.40. The highest BCUT2D eigenvalue weighted by molar-refractivity contribution is 6.09. The number of benzene rings is 3. The molecular formula is C35H38N2O6. The van der Waals surface area contributed by atoms with Crippen molar-refractivity contribution in [3.05, 3.63) is 95.6 Å². The number of likely N-dealkylation sites (tertiary alicyclic amines) is 1. The minimum atomic E-state index is -1.59. The molecule has 0 bridgehead atoms. The van der Waals surface area contributed by atoms with E-state index in [2.05, 4.69) is 5.32 Å². The molecule has 2 amide bonds. The summed E-state index contributed by atoms with van der Waals surface area (Å²) in [6, 6.07) is 23.7. The van der Waals surface area contributed by atoms with Crippen LogP contribution in [0.5, 0.6) is 11.5 Å². The largest absolute Gasteiger partial charge is 0.493 e. The molecule has 2 saturated heterocycles. The number of hydrogen-bond acceptors (Lipinski definition) is 6. The number of hydrogen-bond donors (Lipinski definition) is 2. The lowest BCUT2D eigenvalue weighted by atomic mass is 9.72. The van der Waals surface area contributed by atoms with Gasteiger partial charge in [-0.2, -0.15) is 0 Å². The predicted octanol–water partition coefficient (Wildman–Crippen LogP) is 5.51. The number of rotatable bonds is 10. The van der Waals surface area contributed by atoms with Crippen LogP contribution in [0.4, 0.5) is 0 Å². The molecule has 224 valence electrons. The van der Waals surface area contributed by atoms with Gasteiger partial charge in [0, 0.05) is 11.6 Å². The maximum absolute atomic E-state index is 14.2. The van der Waals surface area contributed by atoms with Gasteiger partial charge in [-0.1, -0.05) is 105 Å². The average molecular weight is 583 g/mol. The Balaban J connectivity index is 1.43. The monoisotopic (exact) mass is 582 g/mol. The van der Waals surface area contributed by atoms with Crippen molar-refractivity contribution in [2.45, 2.75) is 63.3 Å². The van der Waals surface area contributed by atoms with Crippen molar-refractivity contribution in [2.75, 3.05) is 7.11 Å². The fourth-order valence-electron chi connectivity index (χ4n) is 7.39. The highest BCUT2D eigenvalue weighted by Crippen LogP contribution is 2.54. The predicted molar refractivity (Wildman–Crippen MR) is 160 cm³/mol. The Hall–Kier alpha value is -4.17. The SMILES string of the molecule is COc1cccc(C2NC(CC3CCCCC3)(C(=O)O)C3C(=O)N(Cc4ccccc4)C(=O)C23)c1OCc1ccccc1. The van der Waals surface area contributed by atoms with Crippen LogP contribution in [0.3, 0.4) is 0 Å². The smallest absolute Gasteiger partial charge is 0.324 e. The molecule has 0 spiro atoms. The van der Waals surface area contributed by atoms with E-state index in [0.29, 0.717) is 23.5 Å². The molecule has 0 radical (unpaired) electrons. The molecule has 8 nitrogen and oxygen atoms in total. The Morgan fingerprint density at radius 3 is 2.23 bits per heavy atom. The van der Waals surface area contributed by atoms with Gasteiger partial charge in [-0.05, 0) is 29.5 Å². The Labute approximate surface area is 252 Å². The van der Waals surface area contributed by atoms with E-state index in [9.17, 15) is 19.5 Å². The topological polar surface area (TPSA) is 105 Å². The van der Waals surface area contributed by atoms with Crippen LogP contribution >= 0.6 is 0 Å². The number of nitrogens with one attached hydrogen (secondary N) is 1. The Kier molecular flexibility index (Phi) is 8.21. The average Bonchev–Trinajstić information content (AvgIpc) is 3.51. The molecule has 3 fully saturated rings. The number of amides is 2. The van der Waals surface area contributed by atoms with Gasteiger partial charge in [0.05, 0.1) is 25.5 Å². The van der Waals surface area contributed by atoms with Gasteiger partial charge in [-0.15, -0.1) is 0 Å². The van der Waals surface area contributed by atoms with Crippen LogP contribution in [0.15, 0.2) is 78.9 Å². The van der Waals surface area contributed by atoms with E-state index < -0.39 is 35.3 Å². The summed E-state index contributed by atoms with van der Waals surface area (Å²) in [5, 5.41) is 14.3. The highest BCUT2D eigenvalue weighted by atomic mass is 16.5. The maximum atomic E-state index is 14.2. The fourth-order valence-corrected chi connectivity index (χ4v) is 7.39. The van der Waals surface area contributed by atoms with E-state index in [1.54, 1.807) is 13.2 Å². The standard InChI is InChI=1S/C35H38N2O6/c1-42-27-19-11-18-26(31(27)43-22-25-16-9-4-10-17-25)30-28-29(33(39)37(32(28)38)21-24-14-7-3-8-15-24)35(36-30,34(40)41)20-23-12-5-2-6-13-23/h3-4,7-11,14-19,23,28-30,36H,2,5-6,12-13,20-22H2,1H3,(H,40,41). The molecule has 4 atom stereocenters. The Morgan fingerprint density at radius 1 is 0.907 bits per heavy atom. The van der Waals surface area contributed by atoms with Crippen LogP contribution in [0.1, 0.15) is 61.3 Å². The summed E-state index contributed by atoms with van der Waals surface area (Å²) >= 11 is 0. The summed E-state index contributed by atoms with van der Waals surface area (Å²) in [5.41, 5.74) is 0.792. The molecule has 3 aromatic rings. The zero-order valence-electron chi connectivity index (χ0n) is 24.4. The number of carbonyl (C=O) groups excluding carboxylic acids is 2. The number of aliphatic carboxylic acids is 1. The van der Waals surface area contributed by atoms with Crippen LogP contribution in [0.2, 0.25) is 0 Å². The van der Waals surface area contributed by atoms with Crippen molar-refractivity contribution in [3.63, 3.8) is 0 Å². The zero-order valence-corrected chi connectivity index (χ0v) is 24.4. The van der Waals surface area contributed by atoms with Gasteiger partial charge in [0.25, 0.3) is 0 Å². The lowest BCUT2D eigenvalue weighted by molar-refractivity contribution is -0.152. The summed E-state index contributed by atoms with van der Waals surface area (Å²) in [7, 11) is 1.55. The van der Waals surface area contributed by atoms with Crippen LogP contribution in [0, 0.1) is 17.8 Å². The van der Waals surface area contributed by atoms with Gasteiger partial charge in [0.2, 0.25) is 11.8 Å². The second-order valence-electron chi connectivity index (χ2n) is 12.0. The number of carboxylic acids is 1. The Bertz CT molecular complexity index is 1470. The summed E-state index contributed by atoms with van der Waals surface area (Å²) in [6.07, 6.45) is 5.34. The fraction of sp³-hybridized carbons (Fsp3) is 0.400. The normalized spacial score (nSPS) is 25.5. The first-order valence-corrected chi connectivity index (χ1v) is 15.2. The van der Waals surface area contributed by atoms with Gasteiger partial charge in [-0.3, -0.25) is 24.6 Å². The maximum Gasteiger partial charge on any atom is 0.324 e. The van der Waals surface area contributed by atoms with Gasteiger partial charge in [-0.25, -0.2) is 0 Å². The van der Waals surface area contributed by atoms with Gasteiger partial charge < -0.3 is 14.6 Å². The molecule has 3 aliphatic rings. The first kappa shape index (κ1) is 28.9. The first-order chi connectivity index (χ1) is 20.9. The van der Waals surface area contributed by atoms with Crippen LogP contribution < -0.4 is 14.8 Å². The van der Waals surface area contributed by atoms with Crippen molar-refractivity contribution >= 4 is 17.8 Å². The van der Waals surface area contributed by atoms with E-state index in [1.165, 1.54) is 4.90 Å². The number of methoxy groups -OCH3 is 1. The number of para-hydroxylation sites is 1. The molecule has 3 aromatic carbocycles. The molecule has 1 saturated carbocycles. The van der Waals surface area contributed by atoms with E-state index >= 15 is 0 Å². The zero-order chi connectivity index (χ0) is 30.0.